The van der Waals surface area contributed by atoms with Crippen LogP contribution in [0.2, 0.25) is 0 Å². The van der Waals surface area contributed by atoms with Crippen LogP contribution in [0, 0.1) is 12.3 Å². The normalized spacial score (nSPS) is 22.7. The first-order chi connectivity index (χ1) is 10.9. The van der Waals surface area contributed by atoms with Gasteiger partial charge in [0.1, 0.15) is 10.6 Å². The number of piperidine rings is 1. The molecule has 1 fully saturated rings. The van der Waals surface area contributed by atoms with Gasteiger partial charge in [0.2, 0.25) is 10.0 Å². The Morgan fingerprint density at radius 3 is 2.83 bits per heavy atom. The van der Waals surface area contributed by atoms with E-state index in [9.17, 15) is 13.5 Å². The number of benzene rings is 1. The minimum atomic E-state index is -3.66. The molecule has 1 atom stereocenters. The van der Waals surface area contributed by atoms with E-state index in [0.29, 0.717) is 25.3 Å². The van der Waals surface area contributed by atoms with E-state index in [-0.39, 0.29) is 11.5 Å². The van der Waals surface area contributed by atoms with Crippen LogP contribution in [0.4, 0.5) is 0 Å². The zero-order chi connectivity index (χ0) is 17.1. The van der Waals surface area contributed by atoms with Crippen molar-refractivity contribution < 1.29 is 18.3 Å². The van der Waals surface area contributed by atoms with Crippen LogP contribution >= 0.6 is 0 Å². The molecule has 0 aliphatic carbocycles. The number of allylic oxidation sites excluding steroid dienone is 1. The third-order valence-electron chi connectivity index (χ3n) is 4.48. The Kier molecular flexibility index (Phi) is 5.49. The van der Waals surface area contributed by atoms with Crippen LogP contribution in [0.25, 0.3) is 0 Å². The number of sulfonamides is 1. The third kappa shape index (κ3) is 3.59. The fourth-order valence-electron chi connectivity index (χ4n) is 3.16. The molecule has 5 nitrogen and oxygen atoms in total. The maximum Gasteiger partial charge on any atom is 0.246 e. The summed E-state index contributed by atoms with van der Waals surface area (Å²) in [6.07, 6.45) is 3.87. The summed E-state index contributed by atoms with van der Waals surface area (Å²) >= 11 is 0. The fourth-order valence-corrected chi connectivity index (χ4v) is 4.89. The zero-order valence-corrected chi connectivity index (χ0v) is 14.6. The summed E-state index contributed by atoms with van der Waals surface area (Å²) in [6, 6.07) is 5.08. The van der Waals surface area contributed by atoms with Crippen LogP contribution in [0.1, 0.15) is 24.8 Å². The molecule has 0 bridgehead atoms. The van der Waals surface area contributed by atoms with Gasteiger partial charge in [-0.1, -0.05) is 12.1 Å². The molecule has 1 heterocycles. The Labute approximate surface area is 138 Å². The third-order valence-corrected chi connectivity index (χ3v) is 6.36. The number of aryl methyl sites for hydroxylation is 1. The highest BCUT2D eigenvalue weighted by molar-refractivity contribution is 7.89. The smallest absolute Gasteiger partial charge is 0.246 e. The van der Waals surface area contributed by atoms with Crippen molar-refractivity contribution in [2.45, 2.75) is 31.1 Å². The summed E-state index contributed by atoms with van der Waals surface area (Å²) in [5.74, 6) is 0.355. The molecule has 0 unspecified atom stereocenters. The van der Waals surface area contributed by atoms with E-state index >= 15 is 0 Å². The van der Waals surface area contributed by atoms with Crippen LogP contribution in [0.3, 0.4) is 0 Å². The lowest BCUT2D eigenvalue weighted by Gasteiger charge is -2.40. The van der Waals surface area contributed by atoms with E-state index in [1.807, 2.05) is 6.92 Å². The number of rotatable bonds is 6. The van der Waals surface area contributed by atoms with Crippen molar-refractivity contribution in [1.29, 1.82) is 0 Å². The summed E-state index contributed by atoms with van der Waals surface area (Å²) < 4.78 is 32.8. The number of aliphatic hydroxyl groups is 1. The van der Waals surface area contributed by atoms with Gasteiger partial charge in [0.25, 0.3) is 0 Å². The largest absolute Gasteiger partial charge is 0.495 e. The predicted molar refractivity (Wildman–Crippen MR) is 90.1 cm³/mol. The number of aliphatic hydroxyl groups excluding tert-OH is 1. The molecule has 2 rings (SSSR count). The van der Waals surface area contributed by atoms with Crippen LogP contribution in [0.5, 0.6) is 5.75 Å². The highest BCUT2D eigenvalue weighted by Crippen LogP contribution is 2.37. The molecule has 6 heteroatoms. The van der Waals surface area contributed by atoms with Crippen molar-refractivity contribution in [2.75, 3.05) is 26.8 Å². The minimum Gasteiger partial charge on any atom is -0.495 e. The van der Waals surface area contributed by atoms with Gasteiger partial charge in [0.15, 0.2) is 0 Å². The first-order valence-electron chi connectivity index (χ1n) is 7.75. The van der Waals surface area contributed by atoms with Crippen LogP contribution < -0.4 is 4.74 Å². The second-order valence-corrected chi connectivity index (χ2v) is 8.15. The molecule has 1 saturated heterocycles. The van der Waals surface area contributed by atoms with Gasteiger partial charge in [-0.25, -0.2) is 8.42 Å². The molecule has 1 aromatic rings. The number of ether oxygens (including phenoxy) is 1. The number of hydrogen-bond acceptors (Lipinski definition) is 4. The van der Waals surface area contributed by atoms with Gasteiger partial charge < -0.3 is 9.84 Å². The molecule has 0 spiro atoms. The molecule has 128 valence electrons. The lowest BCUT2D eigenvalue weighted by Crippen LogP contribution is -2.47. The number of nitrogens with zero attached hydrogens (tertiary/aromatic N) is 1. The average Bonchev–Trinajstić information content (AvgIpc) is 2.55. The van der Waals surface area contributed by atoms with Gasteiger partial charge in [-0.3, -0.25) is 0 Å². The maximum atomic E-state index is 13.0. The van der Waals surface area contributed by atoms with Crippen molar-refractivity contribution in [1.82, 2.24) is 4.31 Å². The molecular formula is C17H25NO4S. The molecule has 0 amide bonds. The lowest BCUT2D eigenvalue weighted by molar-refractivity contribution is 0.0669. The van der Waals surface area contributed by atoms with E-state index in [4.69, 9.17) is 4.74 Å². The van der Waals surface area contributed by atoms with Gasteiger partial charge in [-0.05, 0) is 43.9 Å². The highest BCUT2D eigenvalue weighted by Gasteiger charge is 2.39. The Bertz CT molecular complexity index is 671. The van der Waals surface area contributed by atoms with Crippen molar-refractivity contribution in [3.05, 3.63) is 36.4 Å². The van der Waals surface area contributed by atoms with Gasteiger partial charge in [0.05, 0.1) is 13.7 Å². The van der Waals surface area contributed by atoms with E-state index < -0.39 is 15.4 Å². The summed E-state index contributed by atoms with van der Waals surface area (Å²) in [7, 11) is -2.19. The predicted octanol–water partition coefficient (Wildman–Crippen LogP) is 2.34. The van der Waals surface area contributed by atoms with E-state index in [0.717, 1.165) is 18.4 Å². The van der Waals surface area contributed by atoms with Crippen molar-refractivity contribution >= 4 is 10.0 Å². The topological polar surface area (TPSA) is 66.8 Å². The SMILES string of the molecule is C=CC[C@]1(CO)CCCN(S(=O)(=O)c2ccc(C)cc2OC)C1. The maximum absolute atomic E-state index is 13.0. The van der Waals surface area contributed by atoms with Gasteiger partial charge in [-0.15, -0.1) is 6.58 Å². The van der Waals surface area contributed by atoms with E-state index in [2.05, 4.69) is 6.58 Å². The van der Waals surface area contributed by atoms with Crippen LogP contribution in [-0.2, 0) is 10.0 Å². The van der Waals surface area contributed by atoms with Crippen molar-refractivity contribution in [2.24, 2.45) is 5.41 Å². The molecule has 1 aliphatic heterocycles. The Morgan fingerprint density at radius 1 is 1.48 bits per heavy atom. The zero-order valence-electron chi connectivity index (χ0n) is 13.8. The number of methoxy groups -OCH3 is 1. The molecule has 0 aromatic heterocycles. The summed E-state index contributed by atoms with van der Waals surface area (Å²) in [5.41, 5.74) is 0.501. The second-order valence-electron chi connectivity index (χ2n) is 6.25. The molecular weight excluding hydrogens is 314 g/mol. The Hall–Kier alpha value is -1.37. The standard InChI is InChI=1S/C17H25NO4S/c1-4-8-17(13-19)9-5-10-18(12-17)23(20,21)16-7-6-14(2)11-15(16)22-3/h4,6-7,11,19H,1,5,8-10,12-13H2,2-3H3/t17-/m0/s1. The summed E-state index contributed by atoms with van der Waals surface area (Å²) in [6.45, 7) is 6.33. The molecule has 1 N–H and O–H groups in total. The lowest BCUT2D eigenvalue weighted by atomic mass is 9.79. The molecule has 1 aromatic carbocycles. The Balaban J connectivity index is 2.38. The highest BCUT2D eigenvalue weighted by atomic mass is 32.2. The van der Waals surface area contributed by atoms with Crippen LogP contribution in [0.15, 0.2) is 35.7 Å². The van der Waals surface area contributed by atoms with Gasteiger partial charge >= 0.3 is 0 Å². The summed E-state index contributed by atoms with van der Waals surface area (Å²) in [5, 5.41) is 9.77. The van der Waals surface area contributed by atoms with Crippen molar-refractivity contribution in [3.63, 3.8) is 0 Å². The Morgan fingerprint density at radius 2 is 2.22 bits per heavy atom. The van der Waals surface area contributed by atoms with Crippen molar-refractivity contribution in [3.8, 4) is 5.75 Å². The number of hydrogen-bond donors (Lipinski definition) is 1. The van der Waals surface area contributed by atoms with E-state index in [1.165, 1.54) is 11.4 Å². The summed E-state index contributed by atoms with van der Waals surface area (Å²) in [4.78, 5) is 0.179. The van der Waals surface area contributed by atoms with Gasteiger partial charge in [-0.2, -0.15) is 4.31 Å². The fraction of sp³-hybridized carbons (Fsp3) is 0.529. The minimum absolute atomic E-state index is 0.0456. The van der Waals surface area contributed by atoms with Gasteiger partial charge in [0, 0.05) is 18.5 Å². The average molecular weight is 339 g/mol. The first kappa shape index (κ1) is 18.0. The molecule has 0 radical (unpaired) electrons. The molecule has 23 heavy (non-hydrogen) atoms. The quantitative estimate of drug-likeness (QED) is 0.808. The first-order valence-corrected chi connectivity index (χ1v) is 9.19. The second kappa shape index (κ2) is 7.03. The van der Waals surface area contributed by atoms with E-state index in [1.54, 1.807) is 24.3 Å². The van der Waals surface area contributed by atoms with Crippen LogP contribution in [-0.4, -0.2) is 44.6 Å². The monoisotopic (exact) mass is 339 g/mol. The molecule has 0 saturated carbocycles. The molecule has 1 aliphatic rings.